The summed E-state index contributed by atoms with van der Waals surface area (Å²) in [5.74, 6) is 0. The van der Waals surface area contributed by atoms with Crippen LogP contribution in [0.5, 0.6) is 0 Å². The van der Waals surface area contributed by atoms with Gasteiger partial charge in [-0.15, -0.1) is 0 Å². The highest BCUT2D eigenvalue weighted by atomic mass is 14.4. The summed E-state index contributed by atoms with van der Waals surface area (Å²) in [5.41, 5.74) is 6.08. The Morgan fingerprint density at radius 3 is 2.38 bits per heavy atom. The van der Waals surface area contributed by atoms with Crippen molar-refractivity contribution in [1.29, 1.82) is 0 Å². The summed E-state index contributed by atoms with van der Waals surface area (Å²) in [5, 5.41) is 0. The predicted octanol–water partition coefficient (Wildman–Crippen LogP) is 4.37. The Labute approximate surface area is 99.4 Å². The first-order valence-corrected chi connectivity index (χ1v) is 6.05. The third-order valence-corrected chi connectivity index (χ3v) is 3.94. The van der Waals surface area contributed by atoms with Crippen molar-refractivity contribution in [1.82, 2.24) is 0 Å². The third-order valence-electron chi connectivity index (χ3n) is 3.94. The summed E-state index contributed by atoms with van der Waals surface area (Å²) >= 11 is 0. The second kappa shape index (κ2) is 3.23. The number of allylic oxidation sites excluding steroid dienone is 1. The molecule has 0 atom stereocenters. The lowest BCUT2D eigenvalue weighted by Crippen LogP contribution is -2.17. The summed E-state index contributed by atoms with van der Waals surface area (Å²) in [6.45, 7) is 15.6. The Morgan fingerprint density at radius 1 is 1.19 bits per heavy atom. The molecule has 1 aromatic carbocycles. The smallest absolute Gasteiger partial charge is 0.0109 e. The van der Waals surface area contributed by atoms with E-state index in [0.717, 1.165) is 6.42 Å². The lowest BCUT2D eigenvalue weighted by atomic mass is 9.79. The quantitative estimate of drug-likeness (QED) is 0.562. The van der Waals surface area contributed by atoms with E-state index in [2.05, 4.69) is 59.4 Å². The van der Waals surface area contributed by atoms with Gasteiger partial charge in [-0.25, -0.2) is 0 Å². The van der Waals surface area contributed by atoms with E-state index in [4.69, 9.17) is 0 Å². The van der Waals surface area contributed by atoms with Gasteiger partial charge in [-0.1, -0.05) is 65.0 Å². The van der Waals surface area contributed by atoms with E-state index < -0.39 is 0 Å². The monoisotopic (exact) mass is 214 g/mol. The molecule has 0 aliphatic heterocycles. The molecular weight excluding hydrogens is 192 g/mol. The average Bonchev–Trinajstić information content (AvgIpc) is 2.37. The first-order chi connectivity index (χ1) is 7.23. The second-order valence-electron chi connectivity index (χ2n) is 6.53. The zero-order valence-corrected chi connectivity index (χ0v) is 11.1. The Hall–Kier alpha value is -1.04. The molecule has 1 aliphatic rings. The minimum atomic E-state index is 0.149. The Balaban J connectivity index is 2.57. The molecule has 0 amide bonds. The van der Waals surface area contributed by atoms with Gasteiger partial charge in [0.1, 0.15) is 0 Å². The molecule has 2 rings (SSSR count). The van der Waals surface area contributed by atoms with Crippen molar-refractivity contribution in [2.75, 3.05) is 0 Å². The minimum Gasteiger partial charge on any atom is -0.0986 e. The van der Waals surface area contributed by atoms with Gasteiger partial charge in [0.15, 0.2) is 0 Å². The van der Waals surface area contributed by atoms with Crippen LogP contribution in [-0.2, 0) is 17.3 Å². The van der Waals surface area contributed by atoms with Gasteiger partial charge in [0.2, 0.25) is 0 Å². The summed E-state index contributed by atoms with van der Waals surface area (Å²) in [6.07, 6.45) is 1.05. The number of fused-ring (bicyclic) bond motifs is 1. The van der Waals surface area contributed by atoms with Crippen LogP contribution in [0.4, 0.5) is 0 Å². The molecule has 1 aromatic rings. The average molecular weight is 214 g/mol. The lowest BCUT2D eigenvalue weighted by Gasteiger charge is -2.25. The van der Waals surface area contributed by atoms with Crippen LogP contribution in [-0.4, -0.2) is 0 Å². The van der Waals surface area contributed by atoms with E-state index in [0.29, 0.717) is 0 Å². The van der Waals surface area contributed by atoms with E-state index in [1.54, 1.807) is 0 Å². The summed E-state index contributed by atoms with van der Waals surface area (Å²) in [6, 6.07) is 6.94. The van der Waals surface area contributed by atoms with Crippen LogP contribution in [0.25, 0.3) is 0 Å². The van der Waals surface area contributed by atoms with E-state index in [9.17, 15) is 0 Å². The van der Waals surface area contributed by atoms with E-state index >= 15 is 0 Å². The summed E-state index contributed by atoms with van der Waals surface area (Å²) in [4.78, 5) is 0. The van der Waals surface area contributed by atoms with Crippen LogP contribution in [0.3, 0.4) is 0 Å². The molecule has 0 bridgehead atoms. The van der Waals surface area contributed by atoms with Crippen LogP contribution in [0.2, 0.25) is 0 Å². The Bertz CT molecular complexity index is 442. The molecule has 1 aliphatic carbocycles. The summed E-state index contributed by atoms with van der Waals surface area (Å²) in [7, 11) is 0. The molecule has 0 heteroatoms. The van der Waals surface area contributed by atoms with Crippen molar-refractivity contribution in [2.24, 2.45) is 0 Å². The minimum absolute atomic E-state index is 0.149. The maximum atomic E-state index is 4.21. The van der Waals surface area contributed by atoms with Crippen LogP contribution >= 0.6 is 0 Å². The fraction of sp³-hybridized carbons (Fsp3) is 0.500. The number of benzene rings is 1. The van der Waals surface area contributed by atoms with Gasteiger partial charge in [-0.3, -0.25) is 0 Å². The normalized spacial score (nSPS) is 18.7. The van der Waals surface area contributed by atoms with Crippen molar-refractivity contribution in [3.63, 3.8) is 0 Å². The highest BCUT2D eigenvalue weighted by Crippen LogP contribution is 2.43. The van der Waals surface area contributed by atoms with Crippen LogP contribution < -0.4 is 0 Å². The molecule has 0 nitrogen and oxygen atoms in total. The first-order valence-electron chi connectivity index (χ1n) is 6.05. The van der Waals surface area contributed by atoms with Crippen LogP contribution in [0.15, 0.2) is 30.4 Å². The van der Waals surface area contributed by atoms with Crippen molar-refractivity contribution in [3.8, 4) is 0 Å². The van der Waals surface area contributed by atoms with E-state index in [-0.39, 0.29) is 10.8 Å². The Kier molecular flexibility index (Phi) is 2.31. The van der Waals surface area contributed by atoms with Gasteiger partial charge in [-0.2, -0.15) is 0 Å². The van der Waals surface area contributed by atoms with E-state index in [1.807, 2.05) is 0 Å². The molecule has 86 valence electrons. The SMILES string of the molecule is C=C1Cc2ccc(C(C)(C)C)cc2C1(C)C. The summed E-state index contributed by atoms with van der Waals surface area (Å²) < 4.78 is 0. The molecule has 0 saturated carbocycles. The first kappa shape index (κ1) is 11.4. The lowest BCUT2D eigenvalue weighted by molar-refractivity contribution is 0.584. The van der Waals surface area contributed by atoms with E-state index in [1.165, 1.54) is 22.3 Å². The molecule has 16 heavy (non-hydrogen) atoms. The molecule has 0 N–H and O–H groups in total. The number of rotatable bonds is 0. The largest absolute Gasteiger partial charge is 0.0986 e. The molecule has 0 spiro atoms. The molecular formula is C16H22. The zero-order valence-electron chi connectivity index (χ0n) is 11.1. The van der Waals surface area contributed by atoms with Gasteiger partial charge >= 0.3 is 0 Å². The number of hydrogen-bond acceptors (Lipinski definition) is 0. The Morgan fingerprint density at radius 2 is 1.81 bits per heavy atom. The highest BCUT2D eigenvalue weighted by Gasteiger charge is 2.33. The van der Waals surface area contributed by atoms with Crippen molar-refractivity contribution in [2.45, 2.75) is 51.9 Å². The molecule has 0 heterocycles. The predicted molar refractivity (Wildman–Crippen MR) is 71.0 cm³/mol. The molecule has 0 unspecified atom stereocenters. The fourth-order valence-electron chi connectivity index (χ4n) is 2.42. The zero-order chi connectivity index (χ0) is 12.1. The van der Waals surface area contributed by atoms with Gasteiger partial charge in [0.25, 0.3) is 0 Å². The molecule has 0 aromatic heterocycles. The maximum Gasteiger partial charge on any atom is 0.0109 e. The van der Waals surface area contributed by atoms with Gasteiger partial charge in [-0.05, 0) is 28.5 Å². The van der Waals surface area contributed by atoms with Crippen molar-refractivity contribution in [3.05, 3.63) is 47.0 Å². The third kappa shape index (κ3) is 1.61. The molecule has 0 saturated heterocycles. The second-order valence-corrected chi connectivity index (χ2v) is 6.53. The topological polar surface area (TPSA) is 0 Å². The van der Waals surface area contributed by atoms with Crippen LogP contribution in [0.1, 0.15) is 51.3 Å². The van der Waals surface area contributed by atoms with Gasteiger partial charge < -0.3 is 0 Å². The van der Waals surface area contributed by atoms with Gasteiger partial charge in [0.05, 0.1) is 0 Å². The number of hydrogen-bond donors (Lipinski definition) is 0. The molecule has 0 fully saturated rings. The van der Waals surface area contributed by atoms with Gasteiger partial charge in [0, 0.05) is 5.41 Å². The standard InChI is InChI=1S/C16H22/c1-11-9-12-7-8-13(15(2,3)4)10-14(12)16(11,5)6/h7-8,10H,1,9H2,2-6H3. The fourth-order valence-corrected chi connectivity index (χ4v) is 2.42. The van der Waals surface area contributed by atoms with Crippen molar-refractivity contribution < 1.29 is 0 Å². The highest BCUT2D eigenvalue weighted by molar-refractivity contribution is 5.51. The molecule has 0 radical (unpaired) electrons. The van der Waals surface area contributed by atoms with Crippen molar-refractivity contribution >= 4 is 0 Å². The maximum absolute atomic E-state index is 4.21. The van der Waals surface area contributed by atoms with Crippen LogP contribution in [0, 0.1) is 0 Å².